The van der Waals surface area contributed by atoms with Gasteiger partial charge in [-0.3, -0.25) is 9.59 Å². The molecule has 7 heteroatoms. The molecule has 1 aliphatic rings. The summed E-state index contributed by atoms with van der Waals surface area (Å²) in [6.07, 6.45) is 1.66. The van der Waals surface area contributed by atoms with Gasteiger partial charge >= 0.3 is 6.61 Å². The molecular weight excluding hydrogens is 390 g/mol. The molecule has 0 radical (unpaired) electrons. The fraction of sp³-hybridized carbons (Fsp3) is 0.391. The summed E-state index contributed by atoms with van der Waals surface area (Å²) in [5.41, 5.74) is 1.10. The molecule has 5 nitrogen and oxygen atoms in total. The maximum absolute atomic E-state index is 13.1. The van der Waals surface area contributed by atoms with Gasteiger partial charge in [0.15, 0.2) is 0 Å². The number of rotatable bonds is 7. The molecule has 1 saturated heterocycles. The van der Waals surface area contributed by atoms with Gasteiger partial charge in [0.2, 0.25) is 5.91 Å². The van der Waals surface area contributed by atoms with Crippen molar-refractivity contribution < 1.29 is 23.1 Å². The number of piperazine rings is 1. The minimum atomic E-state index is -3.00. The van der Waals surface area contributed by atoms with Gasteiger partial charge in [-0.1, -0.05) is 55.8 Å². The quantitative estimate of drug-likeness (QED) is 0.681. The Morgan fingerprint density at radius 1 is 0.933 bits per heavy atom. The highest BCUT2D eigenvalue weighted by Gasteiger charge is 2.30. The Bertz CT molecular complexity index is 853. The number of amides is 2. The molecule has 1 atom stereocenters. The second kappa shape index (κ2) is 10.2. The summed E-state index contributed by atoms with van der Waals surface area (Å²) >= 11 is 0. The van der Waals surface area contributed by atoms with Crippen molar-refractivity contribution in [2.75, 3.05) is 26.2 Å². The van der Waals surface area contributed by atoms with Crippen molar-refractivity contribution in [2.24, 2.45) is 0 Å². The first-order chi connectivity index (χ1) is 14.5. The lowest BCUT2D eigenvalue weighted by molar-refractivity contribution is -0.134. The number of hydrogen-bond acceptors (Lipinski definition) is 3. The van der Waals surface area contributed by atoms with E-state index in [2.05, 4.69) is 11.7 Å². The summed E-state index contributed by atoms with van der Waals surface area (Å²) in [7, 11) is 0. The van der Waals surface area contributed by atoms with Crippen LogP contribution in [0.3, 0.4) is 0 Å². The van der Waals surface area contributed by atoms with Gasteiger partial charge in [-0.25, -0.2) is 0 Å². The Hall–Kier alpha value is -2.96. The Labute approximate surface area is 175 Å². The molecule has 160 valence electrons. The molecule has 1 fully saturated rings. The van der Waals surface area contributed by atoms with Crippen LogP contribution in [0.2, 0.25) is 0 Å². The maximum atomic E-state index is 13.1. The number of hydrogen-bond donors (Lipinski definition) is 0. The average Bonchev–Trinajstić information content (AvgIpc) is 2.77. The molecule has 0 aliphatic carbocycles. The Balaban J connectivity index is 1.66. The Morgan fingerprint density at radius 3 is 2.17 bits per heavy atom. The standard InChI is InChI=1S/C23H26F2N2O3/c1-2-8-18(17-9-4-3-5-10-17)21(28)26-13-15-27(16-14-26)22(29)19-11-6-7-12-20(19)30-23(24)25/h3-7,9-12,18,23H,2,8,13-16H2,1H3. The van der Waals surface area contributed by atoms with E-state index in [9.17, 15) is 18.4 Å². The molecule has 1 heterocycles. The van der Waals surface area contributed by atoms with Gasteiger partial charge in [-0.05, 0) is 24.1 Å². The molecule has 0 spiro atoms. The van der Waals surface area contributed by atoms with E-state index in [-0.39, 0.29) is 29.0 Å². The third kappa shape index (κ3) is 5.14. The van der Waals surface area contributed by atoms with Crippen LogP contribution in [-0.2, 0) is 4.79 Å². The van der Waals surface area contributed by atoms with Gasteiger partial charge < -0.3 is 14.5 Å². The van der Waals surface area contributed by atoms with E-state index in [4.69, 9.17) is 0 Å². The second-order valence-electron chi connectivity index (χ2n) is 7.24. The van der Waals surface area contributed by atoms with Crippen molar-refractivity contribution in [1.82, 2.24) is 9.80 Å². The van der Waals surface area contributed by atoms with Crippen LogP contribution in [0.15, 0.2) is 54.6 Å². The number of nitrogens with zero attached hydrogens (tertiary/aromatic N) is 2. The number of alkyl halides is 2. The zero-order valence-corrected chi connectivity index (χ0v) is 17.0. The van der Waals surface area contributed by atoms with Gasteiger partial charge in [-0.15, -0.1) is 0 Å². The molecule has 2 aromatic rings. The van der Waals surface area contributed by atoms with Crippen molar-refractivity contribution in [1.29, 1.82) is 0 Å². The topological polar surface area (TPSA) is 49.9 Å². The van der Waals surface area contributed by atoms with E-state index < -0.39 is 6.61 Å². The van der Waals surface area contributed by atoms with Crippen LogP contribution < -0.4 is 4.74 Å². The number of carbonyl (C=O) groups excluding carboxylic acids is 2. The lowest BCUT2D eigenvalue weighted by Gasteiger charge is -2.36. The van der Waals surface area contributed by atoms with E-state index in [1.165, 1.54) is 12.1 Å². The van der Waals surface area contributed by atoms with Gasteiger partial charge in [0.05, 0.1) is 11.5 Å². The van der Waals surface area contributed by atoms with Crippen LogP contribution in [0.25, 0.3) is 0 Å². The molecule has 0 saturated carbocycles. The van der Waals surface area contributed by atoms with Crippen molar-refractivity contribution >= 4 is 11.8 Å². The smallest absolute Gasteiger partial charge is 0.387 e. The minimum absolute atomic E-state index is 0.0663. The fourth-order valence-electron chi connectivity index (χ4n) is 3.77. The molecular formula is C23H26F2N2O3. The third-order valence-electron chi connectivity index (χ3n) is 5.29. The first-order valence-corrected chi connectivity index (χ1v) is 10.2. The largest absolute Gasteiger partial charge is 0.434 e. The molecule has 30 heavy (non-hydrogen) atoms. The molecule has 2 amide bonds. The van der Waals surface area contributed by atoms with Crippen LogP contribution in [0, 0.1) is 0 Å². The van der Waals surface area contributed by atoms with Crippen molar-refractivity contribution in [3.8, 4) is 5.75 Å². The van der Waals surface area contributed by atoms with Gasteiger partial charge in [0.25, 0.3) is 5.91 Å². The van der Waals surface area contributed by atoms with E-state index in [1.807, 2.05) is 30.3 Å². The molecule has 1 unspecified atom stereocenters. The highest BCUT2D eigenvalue weighted by atomic mass is 19.3. The first kappa shape index (κ1) is 21.7. The van der Waals surface area contributed by atoms with Crippen LogP contribution in [-0.4, -0.2) is 54.4 Å². The molecule has 1 aliphatic heterocycles. The van der Waals surface area contributed by atoms with Crippen molar-refractivity contribution in [3.63, 3.8) is 0 Å². The van der Waals surface area contributed by atoms with E-state index in [0.717, 1.165) is 18.4 Å². The summed E-state index contributed by atoms with van der Waals surface area (Å²) in [4.78, 5) is 29.3. The monoisotopic (exact) mass is 416 g/mol. The van der Waals surface area contributed by atoms with Crippen LogP contribution in [0.1, 0.15) is 41.6 Å². The zero-order valence-electron chi connectivity index (χ0n) is 17.0. The van der Waals surface area contributed by atoms with Gasteiger partial charge in [0.1, 0.15) is 5.75 Å². The highest BCUT2D eigenvalue weighted by molar-refractivity contribution is 5.97. The molecule has 0 aromatic heterocycles. The first-order valence-electron chi connectivity index (χ1n) is 10.2. The fourth-order valence-corrected chi connectivity index (χ4v) is 3.77. The number of halogens is 2. The summed E-state index contributed by atoms with van der Waals surface area (Å²) in [6, 6.07) is 15.7. The van der Waals surface area contributed by atoms with E-state index >= 15 is 0 Å². The summed E-state index contributed by atoms with van der Waals surface area (Å²) in [5, 5.41) is 0. The summed E-state index contributed by atoms with van der Waals surface area (Å²) < 4.78 is 29.7. The van der Waals surface area contributed by atoms with E-state index in [0.29, 0.717) is 26.2 Å². The molecule has 2 aromatic carbocycles. The third-order valence-corrected chi connectivity index (χ3v) is 5.29. The maximum Gasteiger partial charge on any atom is 0.387 e. The van der Waals surface area contributed by atoms with Crippen molar-refractivity contribution in [2.45, 2.75) is 32.3 Å². The number of benzene rings is 2. The highest BCUT2D eigenvalue weighted by Crippen LogP contribution is 2.26. The van der Waals surface area contributed by atoms with Crippen LogP contribution in [0.5, 0.6) is 5.75 Å². The number of carbonyl (C=O) groups is 2. The average molecular weight is 416 g/mol. The molecule has 0 N–H and O–H groups in total. The Morgan fingerprint density at radius 2 is 1.53 bits per heavy atom. The van der Waals surface area contributed by atoms with Crippen molar-refractivity contribution in [3.05, 3.63) is 65.7 Å². The predicted octanol–water partition coefficient (Wildman–Crippen LogP) is 4.16. The van der Waals surface area contributed by atoms with E-state index in [1.54, 1.807) is 21.9 Å². The summed E-state index contributed by atoms with van der Waals surface area (Å²) in [6.45, 7) is 0.577. The lowest BCUT2D eigenvalue weighted by atomic mass is 9.93. The molecule has 0 bridgehead atoms. The predicted molar refractivity (Wildman–Crippen MR) is 110 cm³/mol. The lowest BCUT2D eigenvalue weighted by Crippen LogP contribution is -2.51. The van der Waals surface area contributed by atoms with Gasteiger partial charge in [-0.2, -0.15) is 8.78 Å². The minimum Gasteiger partial charge on any atom is -0.434 e. The normalized spacial score (nSPS) is 15.2. The summed E-state index contributed by atoms with van der Waals surface area (Å²) in [5.74, 6) is -0.634. The SMILES string of the molecule is CCCC(C(=O)N1CCN(C(=O)c2ccccc2OC(F)F)CC1)c1ccccc1. The van der Waals surface area contributed by atoms with Crippen LogP contribution >= 0.6 is 0 Å². The number of para-hydroxylation sites is 1. The zero-order chi connectivity index (χ0) is 21.5. The molecule has 3 rings (SSSR count). The van der Waals surface area contributed by atoms with Crippen LogP contribution in [0.4, 0.5) is 8.78 Å². The van der Waals surface area contributed by atoms with Gasteiger partial charge in [0, 0.05) is 26.2 Å². The number of ether oxygens (including phenoxy) is 1. The second-order valence-corrected chi connectivity index (χ2v) is 7.24. The Kier molecular flexibility index (Phi) is 7.38.